The summed E-state index contributed by atoms with van der Waals surface area (Å²) in [5.41, 5.74) is 0. The van der Waals surface area contributed by atoms with Crippen LogP contribution in [0.4, 0.5) is 11.9 Å². The molecule has 0 radical (unpaired) electrons. The third kappa shape index (κ3) is 4.30. The first-order chi connectivity index (χ1) is 9.74. The Bertz CT molecular complexity index is 404. The van der Waals surface area contributed by atoms with Crippen LogP contribution in [0.5, 0.6) is 0 Å². The van der Waals surface area contributed by atoms with E-state index in [4.69, 9.17) is 4.84 Å². The molecule has 1 aliphatic rings. The number of rotatable bonds is 9. The molecule has 1 aliphatic carbocycles. The van der Waals surface area contributed by atoms with Crippen LogP contribution in [0, 0.1) is 5.92 Å². The van der Waals surface area contributed by atoms with Crippen LogP contribution in [0.1, 0.15) is 39.5 Å². The van der Waals surface area contributed by atoms with Crippen molar-refractivity contribution in [1.29, 1.82) is 0 Å². The summed E-state index contributed by atoms with van der Waals surface area (Å²) in [5, 5.41) is 1.65. The Kier molecular flexibility index (Phi) is 5.52. The molecule has 1 aromatic rings. The summed E-state index contributed by atoms with van der Waals surface area (Å²) >= 11 is 0. The topological polar surface area (TPSA) is 54.4 Å². The molecule has 0 N–H and O–H groups in total. The zero-order chi connectivity index (χ0) is 14.4. The SMILES string of the molecule is CCCN(CCC)c1ncnc(N(C)OCC2CC2)n1. The van der Waals surface area contributed by atoms with E-state index in [9.17, 15) is 0 Å². The largest absolute Gasteiger partial charge is 0.341 e. The van der Waals surface area contributed by atoms with E-state index < -0.39 is 0 Å². The first kappa shape index (κ1) is 15.0. The summed E-state index contributed by atoms with van der Waals surface area (Å²) in [7, 11) is 1.85. The predicted octanol–water partition coefficient (Wildman–Crippen LogP) is 2.28. The van der Waals surface area contributed by atoms with Crippen molar-refractivity contribution in [2.75, 3.05) is 36.7 Å². The standard InChI is InChI=1S/C14H25N5O/c1-4-8-19(9-5-2)14-16-11-15-13(17-14)18(3)20-10-12-6-7-12/h11-12H,4-10H2,1-3H3. The molecule has 1 fully saturated rings. The lowest BCUT2D eigenvalue weighted by molar-refractivity contribution is 0.108. The molecule has 0 atom stereocenters. The summed E-state index contributed by atoms with van der Waals surface area (Å²) in [6.07, 6.45) is 6.27. The first-order valence-electron chi connectivity index (χ1n) is 7.55. The van der Waals surface area contributed by atoms with Crippen molar-refractivity contribution < 1.29 is 4.84 Å². The molecule has 0 unspecified atom stereocenters. The maximum absolute atomic E-state index is 5.67. The highest BCUT2D eigenvalue weighted by Crippen LogP contribution is 2.29. The van der Waals surface area contributed by atoms with Gasteiger partial charge in [-0.25, -0.2) is 10.0 Å². The molecule has 0 spiro atoms. The summed E-state index contributed by atoms with van der Waals surface area (Å²) in [5.74, 6) is 2.03. The monoisotopic (exact) mass is 279 g/mol. The van der Waals surface area contributed by atoms with Crippen molar-refractivity contribution in [1.82, 2.24) is 15.0 Å². The van der Waals surface area contributed by atoms with E-state index in [-0.39, 0.29) is 0 Å². The molecular weight excluding hydrogens is 254 g/mol. The number of hydroxylamine groups is 1. The second kappa shape index (κ2) is 7.38. The highest BCUT2D eigenvalue weighted by atomic mass is 16.7. The van der Waals surface area contributed by atoms with Gasteiger partial charge in [-0.05, 0) is 31.6 Å². The molecule has 6 heteroatoms. The molecule has 0 aliphatic heterocycles. The van der Waals surface area contributed by atoms with Gasteiger partial charge in [-0.3, -0.25) is 4.84 Å². The molecule has 20 heavy (non-hydrogen) atoms. The number of nitrogens with zero attached hydrogens (tertiary/aromatic N) is 5. The minimum Gasteiger partial charge on any atom is -0.341 e. The van der Waals surface area contributed by atoms with Crippen LogP contribution in [0.3, 0.4) is 0 Å². The molecule has 2 rings (SSSR count). The Morgan fingerprint density at radius 3 is 2.40 bits per heavy atom. The molecule has 0 amide bonds. The fourth-order valence-electron chi connectivity index (χ4n) is 1.99. The molecule has 112 valence electrons. The van der Waals surface area contributed by atoms with Crippen molar-refractivity contribution in [3.05, 3.63) is 6.33 Å². The normalized spacial score (nSPS) is 14.3. The van der Waals surface area contributed by atoms with Gasteiger partial charge in [0.2, 0.25) is 5.95 Å². The van der Waals surface area contributed by atoms with E-state index in [1.54, 1.807) is 11.4 Å². The third-order valence-corrected chi connectivity index (χ3v) is 3.30. The van der Waals surface area contributed by atoms with E-state index in [1.165, 1.54) is 12.8 Å². The van der Waals surface area contributed by atoms with Crippen LogP contribution >= 0.6 is 0 Å². The fourth-order valence-corrected chi connectivity index (χ4v) is 1.99. The maximum Gasteiger partial charge on any atom is 0.254 e. The quantitative estimate of drug-likeness (QED) is 0.646. The van der Waals surface area contributed by atoms with Crippen LogP contribution in [-0.2, 0) is 4.84 Å². The Labute approximate surface area is 121 Å². The van der Waals surface area contributed by atoms with Gasteiger partial charge in [0.1, 0.15) is 6.33 Å². The summed E-state index contributed by atoms with van der Waals surface area (Å²) in [6.45, 7) is 7.00. The second-order valence-corrected chi connectivity index (χ2v) is 5.31. The zero-order valence-corrected chi connectivity index (χ0v) is 12.7. The van der Waals surface area contributed by atoms with Crippen LogP contribution < -0.4 is 9.96 Å². The Morgan fingerprint density at radius 2 is 1.80 bits per heavy atom. The van der Waals surface area contributed by atoms with Crippen LogP contribution in [-0.4, -0.2) is 41.7 Å². The second-order valence-electron chi connectivity index (χ2n) is 5.31. The van der Waals surface area contributed by atoms with Gasteiger partial charge in [-0.15, -0.1) is 0 Å². The van der Waals surface area contributed by atoms with Gasteiger partial charge in [-0.1, -0.05) is 13.8 Å². The van der Waals surface area contributed by atoms with Crippen molar-refractivity contribution >= 4 is 11.9 Å². The molecular formula is C14H25N5O. The van der Waals surface area contributed by atoms with Crippen molar-refractivity contribution in [3.63, 3.8) is 0 Å². The lowest BCUT2D eigenvalue weighted by atomic mass is 10.4. The van der Waals surface area contributed by atoms with E-state index in [2.05, 4.69) is 33.7 Å². The Morgan fingerprint density at radius 1 is 1.15 bits per heavy atom. The molecule has 0 bridgehead atoms. The highest BCUT2D eigenvalue weighted by Gasteiger charge is 2.23. The van der Waals surface area contributed by atoms with E-state index in [1.807, 2.05) is 7.05 Å². The van der Waals surface area contributed by atoms with Gasteiger partial charge in [0, 0.05) is 20.1 Å². The van der Waals surface area contributed by atoms with Gasteiger partial charge in [-0.2, -0.15) is 9.97 Å². The lowest BCUT2D eigenvalue weighted by Crippen LogP contribution is -2.28. The summed E-state index contributed by atoms with van der Waals surface area (Å²) in [6, 6.07) is 0. The van der Waals surface area contributed by atoms with Gasteiger partial charge in [0.05, 0.1) is 6.61 Å². The first-order valence-corrected chi connectivity index (χ1v) is 7.55. The molecule has 0 aromatic carbocycles. The van der Waals surface area contributed by atoms with Gasteiger partial charge >= 0.3 is 0 Å². The van der Waals surface area contributed by atoms with Gasteiger partial charge < -0.3 is 4.90 Å². The van der Waals surface area contributed by atoms with Gasteiger partial charge in [0.15, 0.2) is 0 Å². The van der Waals surface area contributed by atoms with Crippen LogP contribution in [0.25, 0.3) is 0 Å². The smallest absolute Gasteiger partial charge is 0.254 e. The average molecular weight is 279 g/mol. The fraction of sp³-hybridized carbons (Fsp3) is 0.786. The Hall–Kier alpha value is -1.43. The molecule has 6 nitrogen and oxygen atoms in total. The van der Waals surface area contributed by atoms with Crippen molar-refractivity contribution in [2.45, 2.75) is 39.5 Å². The lowest BCUT2D eigenvalue weighted by Gasteiger charge is -2.22. The molecule has 1 heterocycles. The van der Waals surface area contributed by atoms with Crippen LogP contribution in [0.2, 0.25) is 0 Å². The molecule has 1 aromatic heterocycles. The van der Waals surface area contributed by atoms with E-state index >= 15 is 0 Å². The molecule has 0 saturated heterocycles. The van der Waals surface area contributed by atoms with Crippen molar-refractivity contribution in [3.8, 4) is 0 Å². The summed E-state index contributed by atoms with van der Waals surface area (Å²) < 4.78 is 0. The minimum atomic E-state index is 0.577. The summed E-state index contributed by atoms with van der Waals surface area (Å²) in [4.78, 5) is 20.9. The average Bonchev–Trinajstić information content (AvgIpc) is 3.29. The van der Waals surface area contributed by atoms with Gasteiger partial charge in [0.25, 0.3) is 5.95 Å². The Balaban J connectivity index is 2.00. The number of hydrogen-bond acceptors (Lipinski definition) is 6. The van der Waals surface area contributed by atoms with Crippen molar-refractivity contribution in [2.24, 2.45) is 5.92 Å². The minimum absolute atomic E-state index is 0.577. The van der Waals surface area contributed by atoms with E-state index in [0.29, 0.717) is 5.95 Å². The maximum atomic E-state index is 5.67. The molecule has 1 saturated carbocycles. The highest BCUT2D eigenvalue weighted by molar-refractivity contribution is 5.35. The zero-order valence-electron chi connectivity index (χ0n) is 12.7. The number of anilines is 2. The van der Waals surface area contributed by atoms with E-state index in [0.717, 1.165) is 44.4 Å². The van der Waals surface area contributed by atoms with Crippen LogP contribution in [0.15, 0.2) is 6.33 Å². The number of aromatic nitrogens is 3. The predicted molar refractivity (Wildman–Crippen MR) is 79.7 cm³/mol. The third-order valence-electron chi connectivity index (χ3n) is 3.30. The number of hydrogen-bond donors (Lipinski definition) is 0.